The standard InChI is InChI=1S/C28H22F2N8O/c1-14(2)8-21(39)34-18-10-16(11-31-12-18)24-23(30)22-20(13-33-24)37-38-27(22)28-35-19-6-7-32-25(26(19)36-28)15-4-3-5-17(29)9-15/h3-7,9-14H,8H2,1-2H3,(H,34,39)(H,35,36)(H,37,38). The molecule has 1 amide bonds. The number of aromatic nitrogens is 7. The molecule has 0 fully saturated rings. The first-order valence-electron chi connectivity index (χ1n) is 12.3. The maximum Gasteiger partial charge on any atom is 0.224 e. The first-order valence-corrected chi connectivity index (χ1v) is 12.3. The Hall–Kier alpha value is -5.06. The van der Waals surface area contributed by atoms with Crippen LogP contribution in [0.25, 0.3) is 56.0 Å². The molecule has 0 unspecified atom stereocenters. The second-order valence-electron chi connectivity index (χ2n) is 9.54. The van der Waals surface area contributed by atoms with Gasteiger partial charge < -0.3 is 10.3 Å². The highest BCUT2D eigenvalue weighted by Gasteiger charge is 2.22. The highest BCUT2D eigenvalue weighted by Crippen LogP contribution is 2.34. The maximum atomic E-state index is 16.0. The van der Waals surface area contributed by atoms with Crippen LogP contribution in [0.5, 0.6) is 0 Å². The van der Waals surface area contributed by atoms with Gasteiger partial charge in [-0.25, -0.2) is 13.8 Å². The minimum absolute atomic E-state index is 0.0517. The minimum atomic E-state index is -0.618. The lowest BCUT2D eigenvalue weighted by atomic mass is 10.1. The van der Waals surface area contributed by atoms with Crippen molar-refractivity contribution < 1.29 is 13.6 Å². The average Bonchev–Trinajstić information content (AvgIpc) is 3.53. The number of anilines is 1. The van der Waals surface area contributed by atoms with E-state index in [1.54, 1.807) is 30.5 Å². The molecule has 0 aliphatic carbocycles. The molecule has 6 rings (SSSR count). The summed E-state index contributed by atoms with van der Waals surface area (Å²) >= 11 is 0. The van der Waals surface area contributed by atoms with E-state index in [2.05, 4.69) is 40.4 Å². The topological polar surface area (TPSA) is 125 Å². The fourth-order valence-electron chi connectivity index (χ4n) is 4.46. The van der Waals surface area contributed by atoms with E-state index in [0.29, 0.717) is 51.3 Å². The Bertz CT molecular complexity index is 1860. The van der Waals surface area contributed by atoms with Crippen LogP contribution in [0, 0.1) is 17.6 Å². The van der Waals surface area contributed by atoms with Crippen molar-refractivity contribution in [1.82, 2.24) is 35.1 Å². The molecule has 0 saturated heterocycles. The van der Waals surface area contributed by atoms with Crippen LogP contribution in [0.15, 0.2) is 61.2 Å². The molecule has 39 heavy (non-hydrogen) atoms. The SMILES string of the molecule is CC(C)CC(=O)Nc1cncc(-c2ncc3[nH]nc(-c4nc5c(-c6cccc(F)c6)nccc5[nH]4)c3c2F)c1. The monoisotopic (exact) mass is 524 g/mol. The quantitative estimate of drug-likeness (QED) is 0.250. The van der Waals surface area contributed by atoms with E-state index < -0.39 is 5.82 Å². The Morgan fingerprint density at radius 3 is 2.67 bits per heavy atom. The van der Waals surface area contributed by atoms with E-state index in [9.17, 15) is 9.18 Å². The second-order valence-corrected chi connectivity index (χ2v) is 9.54. The molecular formula is C28H22F2N8O. The van der Waals surface area contributed by atoms with Gasteiger partial charge in [0.05, 0.1) is 40.2 Å². The van der Waals surface area contributed by atoms with Crippen LogP contribution in [0.1, 0.15) is 20.3 Å². The summed E-state index contributed by atoms with van der Waals surface area (Å²) in [5.74, 6) is -0.651. The highest BCUT2D eigenvalue weighted by molar-refractivity contribution is 5.97. The van der Waals surface area contributed by atoms with Crippen LogP contribution in [-0.4, -0.2) is 41.0 Å². The number of hydrogen-bond acceptors (Lipinski definition) is 6. The van der Waals surface area contributed by atoms with Crippen LogP contribution < -0.4 is 5.32 Å². The van der Waals surface area contributed by atoms with Gasteiger partial charge in [-0.05, 0) is 30.2 Å². The van der Waals surface area contributed by atoms with Crippen molar-refractivity contribution in [3.05, 3.63) is 72.8 Å². The van der Waals surface area contributed by atoms with Crippen molar-refractivity contribution in [2.24, 2.45) is 5.92 Å². The van der Waals surface area contributed by atoms with Gasteiger partial charge in [0.1, 0.15) is 22.7 Å². The van der Waals surface area contributed by atoms with Gasteiger partial charge in [-0.2, -0.15) is 5.10 Å². The summed E-state index contributed by atoms with van der Waals surface area (Å²) in [7, 11) is 0. The largest absolute Gasteiger partial charge is 0.336 e. The maximum absolute atomic E-state index is 16.0. The lowest BCUT2D eigenvalue weighted by Crippen LogP contribution is -2.14. The zero-order valence-electron chi connectivity index (χ0n) is 21.0. The van der Waals surface area contributed by atoms with Crippen molar-refractivity contribution in [3.8, 4) is 34.0 Å². The zero-order chi connectivity index (χ0) is 27.1. The number of fused-ring (bicyclic) bond motifs is 2. The third kappa shape index (κ3) is 4.58. The predicted molar refractivity (Wildman–Crippen MR) is 143 cm³/mol. The van der Waals surface area contributed by atoms with Crippen molar-refractivity contribution in [1.29, 1.82) is 0 Å². The molecule has 0 radical (unpaired) electrons. The van der Waals surface area contributed by atoms with Crippen molar-refractivity contribution in [3.63, 3.8) is 0 Å². The van der Waals surface area contributed by atoms with E-state index in [1.807, 2.05) is 13.8 Å². The lowest BCUT2D eigenvalue weighted by Gasteiger charge is -2.09. The van der Waals surface area contributed by atoms with Gasteiger partial charge in [0.25, 0.3) is 0 Å². The third-order valence-corrected chi connectivity index (χ3v) is 6.16. The summed E-state index contributed by atoms with van der Waals surface area (Å²) in [6.45, 7) is 3.90. The summed E-state index contributed by atoms with van der Waals surface area (Å²) < 4.78 is 29.9. The average molecular weight is 525 g/mol. The van der Waals surface area contributed by atoms with E-state index in [-0.39, 0.29) is 34.4 Å². The van der Waals surface area contributed by atoms with Gasteiger partial charge in [0, 0.05) is 29.9 Å². The van der Waals surface area contributed by atoms with Crippen LogP contribution in [0.2, 0.25) is 0 Å². The Morgan fingerprint density at radius 1 is 0.974 bits per heavy atom. The molecule has 194 valence electrons. The van der Waals surface area contributed by atoms with E-state index in [0.717, 1.165) is 0 Å². The number of nitrogens with zero attached hydrogens (tertiary/aromatic N) is 5. The van der Waals surface area contributed by atoms with Crippen LogP contribution in [0.3, 0.4) is 0 Å². The van der Waals surface area contributed by atoms with E-state index in [1.165, 1.54) is 30.7 Å². The van der Waals surface area contributed by atoms with Gasteiger partial charge >= 0.3 is 0 Å². The molecule has 5 heterocycles. The second kappa shape index (κ2) is 9.67. The number of halogens is 2. The molecule has 0 saturated carbocycles. The van der Waals surface area contributed by atoms with Gasteiger partial charge in [-0.1, -0.05) is 26.0 Å². The van der Waals surface area contributed by atoms with Gasteiger partial charge in [0.15, 0.2) is 11.6 Å². The summed E-state index contributed by atoms with van der Waals surface area (Å²) in [6.07, 6.45) is 6.41. The zero-order valence-corrected chi connectivity index (χ0v) is 21.0. The number of benzene rings is 1. The number of nitrogens with one attached hydrogen (secondary N) is 3. The molecule has 5 aromatic heterocycles. The van der Waals surface area contributed by atoms with Crippen molar-refractivity contribution in [2.45, 2.75) is 20.3 Å². The van der Waals surface area contributed by atoms with Crippen molar-refractivity contribution >= 4 is 33.5 Å². The first kappa shape index (κ1) is 24.3. The number of amides is 1. The Balaban J connectivity index is 1.42. The summed E-state index contributed by atoms with van der Waals surface area (Å²) in [4.78, 5) is 32.9. The van der Waals surface area contributed by atoms with E-state index >= 15 is 4.39 Å². The number of pyridine rings is 3. The van der Waals surface area contributed by atoms with Crippen LogP contribution in [0.4, 0.5) is 14.5 Å². The summed E-state index contributed by atoms with van der Waals surface area (Å²) in [5, 5.41) is 10.1. The van der Waals surface area contributed by atoms with Gasteiger partial charge in [-0.15, -0.1) is 0 Å². The van der Waals surface area contributed by atoms with Crippen LogP contribution >= 0.6 is 0 Å². The molecular weight excluding hydrogens is 502 g/mol. The summed E-state index contributed by atoms with van der Waals surface area (Å²) in [5.41, 5.74) is 3.71. The molecule has 11 heteroatoms. The normalized spacial score (nSPS) is 11.5. The van der Waals surface area contributed by atoms with E-state index in [4.69, 9.17) is 0 Å². The fraction of sp³-hybridized carbons (Fsp3) is 0.143. The molecule has 0 atom stereocenters. The lowest BCUT2D eigenvalue weighted by molar-refractivity contribution is -0.116. The van der Waals surface area contributed by atoms with Crippen molar-refractivity contribution in [2.75, 3.05) is 5.32 Å². The minimum Gasteiger partial charge on any atom is -0.336 e. The number of hydrogen-bond donors (Lipinski definition) is 3. The Morgan fingerprint density at radius 2 is 1.85 bits per heavy atom. The molecule has 9 nitrogen and oxygen atoms in total. The smallest absolute Gasteiger partial charge is 0.224 e. The number of carbonyl (C=O) groups is 1. The number of carbonyl (C=O) groups excluding carboxylic acids is 1. The highest BCUT2D eigenvalue weighted by atomic mass is 19.1. The van der Waals surface area contributed by atoms with Gasteiger partial charge in [-0.3, -0.25) is 24.8 Å². The molecule has 6 aromatic rings. The molecule has 0 aliphatic heterocycles. The van der Waals surface area contributed by atoms with Gasteiger partial charge in [0.2, 0.25) is 5.91 Å². The molecule has 0 aliphatic rings. The fourth-order valence-corrected chi connectivity index (χ4v) is 4.46. The number of imidazole rings is 1. The van der Waals surface area contributed by atoms with Crippen LogP contribution in [-0.2, 0) is 4.79 Å². The molecule has 1 aromatic carbocycles. The first-order chi connectivity index (χ1) is 18.9. The summed E-state index contributed by atoms with van der Waals surface area (Å²) in [6, 6.07) is 9.44. The Labute approximate surface area is 220 Å². The number of rotatable bonds is 6. The molecule has 3 N–H and O–H groups in total. The molecule has 0 bridgehead atoms. The number of aromatic amines is 2. The third-order valence-electron chi connectivity index (χ3n) is 6.16. The number of H-pyrrole nitrogens is 2. The Kier molecular flexibility index (Phi) is 6.02. The molecule has 0 spiro atoms. The predicted octanol–water partition coefficient (Wildman–Crippen LogP) is 5.89.